The van der Waals surface area contributed by atoms with Gasteiger partial charge in [-0.15, -0.1) is 0 Å². The molecule has 2 aromatic rings. The van der Waals surface area contributed by atoms with E-state index in [9.17, 15) is 9.90 Å². The molecule has 29 heavy (non-hydrogen) atoms. The average molecular weight is 412 g/mol. The van der Waals surface area contributed by atoms with Crippen molar-refractivity contribution in [2.75, 3.05) is 11.4 Å². The van der Waals surface area contributed by atoms with E-state index < -0.39 is 6.04 Å². The zero-order valence-corrected chi connectivity index (χ0v) is 16.9. The normalized spacial score (nSPS) is 16.0. The van der Waals surface area contributed by atoms with E-state index in [4.69, 9.17) is 27.4 Å². The Morgan fingerprint density at radius 1 is 1.28 bits per heavy atom. The molecule has 0 saturated carbocycles. The van der Waals surface area contributed by atoms with E-state index in [2.05, 4.69) is 5.32 Å². The lowest BCUT2D eigenvalue weighted by molar-refractivity contribution is -0.121. The predicted octanol–water partition coefficient (Wildman–Crippen LogP) is 3.57. The van der Waals surface area contributed by atoms with Crippen LogP contribution in [0.1, 0.15) is 31.4 Å². The highest BCUT2D eigenvalue weighted by molar-refractivity contribution is 6.31. The second-order valence-corrected chi connectivity index (χ2v) is 7.10. The summed E-state index contributed by atoms with van der Waals surface area (Å²) in [6, 6.07) is 11.0. The van der Waals surface area contributed by atoms with Crippen LogP contribution in [0.15, 0.2) is 47.5 Å². The number of carbonyl (C=O) groups excluding carboxylic acids is 1. The van der Waals surface area contributed by atoms with Crippen molar-refractivity contribution in [2.24, 2.45) is 4.99 Å². The minimum absolute atomic E-state index is 0.0203. The number of fused-ring (bicyclic) bond motifs is 1. The van der Waals surface area contributed by atoms with E-state index in [1.807, 2.05) is 6.92 Å². The van der Waals surface area contributed by atoms with Crippen molar-refractivity contribution in [1.29, 1.82) is 10.8 Å². The molecule has 1 aliphatic rings. The van der Waals surface area contributed by atoms with Crippen LogP contribution in [0.5, 0.6) is 5.75 Å². The number of nitrogens with zero attached hydrogens (tertiary/aromatic N) is 2. The summed E-state index contributed by atoms with van der Waals surface area (Å²) in [5.41, 5.74) is 2.38. The molecule has 0 aliphatic carbocycles. The minimum atomic E-state index is -0.790. The van der Waals surface area contributed by atoms with Gasteiger partial charge < -0.3 is 10.4 Å². The third-order valence-corrected chi connectivity index (χ3v) is 4.78. The number of aliphatic imine (C=N–C) groups is 1. The third-order valence-electron chi connectivity index (χ3n) is 4.52. The molecule has 0 saturated heterocycles. The van der Waals surface area contributed by atoms with Crippen LogP contribution in [0, 0.1) is 10.8 Å². The number of phenols is 1. The van der Waals surface area contributed by atoms with Gasteiger partial charge in [-0.05, 0) is 44.2 Å². The molecule has 150 valence electrons. The molecule has 4 N–H and O–H groups in total. The molecule has 0 fully saturated rings. The van der Waals surface area contributed by atoms with Crippen molar-refractivity contribution in [3.8, 4) is 5.75 Å². The number of hydrogen-bond donors (Lipinski definition) is 4. The lowest BCUT2D eigenvalue weighted by Gasteiger charge is -2.26. The van der Waals surface area contributed by atoms with Crippen molar-refractivity contribution >= 4 is 40.6 Å². The lowest BCUT2D eigenvalue weighted by Crippen LogP contribution is -2.42. The van der Waals surface area contributed by atoms with Crippen LogP contribution >= 0.6 is 11.6 Å². The molecular weight excluding hydrogens is 390 g/mol. The van der Waals surface area contributed by atoms with Gasteiger partial charge in [-0.3, -0.25) is 25.5 Å². The molecule has 0 spiro atoms. The van der Waals surface area contributed by atoms with Gasteiger partial charge in [0.15, 0.2) is 0 Å². The Bertz CT molecular complexity index is 1000. The summed E-state index contributed by atoms with van der Waals surface area (Å²) in [6.07, 6.45) is -0.0203. The maximum absolute atomic E-state index is 12.3. The molecule has 1 amide bonds. The molecule has 0 radical (unpaired) electrons. The summed E-state index contributed by atoms with van der Waals surface area (Å²) in [5.74, 6) is -0.0328. The summed E-state index contributed by atoms with van der Waals surface area (Å²) >= 11 is 6.03. The maximum Gasteiger partial charge on any atom is 0.222 e. The van der Waals surface area contributed by atoms with E-state index in [-0.39, 0.29) is 29.7 Å². The smallest absolute Gasteiger partial charge is 0.222 e. The van der Waals surface area contributed by atoms with E-state index in [1.165, 1.54) is 11.0 Å². The molecule has 7 nitrogen and oxygen atoms in total. The second-order valence-electron chi connectivity index (χ2n) is 6.67. The highest BCUT2D eigenvalue weighted by Gasteiger charge is 2.32. The molecule has 1 unspecified atom stereocenters. The van der Waals surface area contributed by atoms with Crippen molar-refractivity contribution in [1.82, 2.24) is 5.32 Å². The Morgan fingerprint density at radius 3 is 2.59 bits per heavy atom. The fourth-order valence-electron chi connectivity index (χ4n) is 3.26. The number of benzene rings is 2. The van der Waals surface area contributed by atoms with Gasteiger partial charge in [0.25, 0.3) is 0 Å². The average Bonchev–Trinajstić information content (AvgIpc) is 2.78. The Labute approximate surface area is 174 Å². The van der Waals surface area contributed by atoms with Gasteiger partial charge in [0.2, 0.25) is 5.91 Å². The first-order valence-electron chi connectivity index (χ1n) is 9.19. The first-order chi connectivity index (χ1) is 13.8. The number of anilines is 1. The van der Waals surface area contributed by atoms with E-state index in [0.29, 0.717) is 28.5 Å². The van der Waals surface area contributed by atoms with Crippen LogP contribution in [0.25, 0.3) is 0 Å². The van der Waals surface area contributed by atoms with Crippen molar-refractivity contribution in [2.45, 2.75) is 26.3 Å². The standard InChI is InChI=1S/C21H22ClN5O2/c1-3-25-19(29)11-17-21(24)27(12(2)23)18-9-8-15(28)10-16(18)20(26-17)13-4-6-14(22)7-5-13/h4-10,17,23-24,28H,3,11H2,1-2H3,(H,25,29). The van der Waals surface area contributed by atoms with Gasteiger partial charge in [-0.1, -0.05) is 23.7 Å². The Hall–Kier alpha value is -3.19. The van der Waals surface area contributed by atoms with Crippen LogP contribution in [0.3, 0.4) is 0 Å². The Kier molecular flexibility index (Phi) is 5.98. The van der Waals surface area contributed by atoms with Crippen molar-refractivity contribution in [3.63, 3.8) is 0 Å². The molecule has 3 rings (SSSR count). The summed E-state index contributed by atoms with van der Waals surface area (Å²) in [6.45, 7) is 3.88. The quantitative estimate of drug-likeness (QED) is 0.455. The molecule has 1 heterocycles. The highest BCUT2D eigenvalue weighted by Crippen LogP contribution is 2.32. The number of benzodiazepines with no additional fused rings is 1. The molecule has 1 aliphatic heterocycles. The monoisotopic (exact) mass is 411 g/mol. The Morgan fingerprint density at radius 2 is 1.97 bits per heavy atom. The first-order valence-corrected chi connectivity index (χ1v) is 9.57. The largest absolute Gasteiger partial charge is 0.508 e. The van der Waals surface area contributed by atoms with Crippen molar-refractivity contribution < 1.29 is 9.90 Å². The van der Waals surface area contributed by atoms with E-state index >= 15 is 0 Å². The Balaban J connectivity index is 2.22. The summed E-state index contributed by atoms with van der Waals surface area (Å²) in [7, 11) is 0. The number of hydrogen-bond acceptors (Lipinski definition) is 5. The zero-order chi connectivity index (χ0) is 21.1. The fourth-order valence-corrected chi connectivity index (χ4v) is 3.39. The van der Waals surface area contributed by atoms with Gasteiger partial charge in [0.05, 0.1) is 17.8 Å². The maximum atomic E-state index is 12.3. The second kappa shape index (κ2) is 8.45. The topological polar surface area (TPSA) is 113 Å². The summed E-state index contributed by atoms with van der Waals surface area (Å²) in [4.78, 5) is 18.4. The predicted molar refractivity (Wildman–Crippen MR) is 116 cm³/mol. The third kappa shape index (κ3) is 4.30. The summed E-state index contributed by atoms with van der Waals surface area (Å²) in [5, 5.41) is 30.3. The van der Waals surface area contributed by atoms with Gasteiger partial charge >= 0.3 is 0 Å². The highest BCUT2D eigenvalue weighted by atomic mass is 35.5. The molecule has 2 aromatic carbocycles. The zero-order valence-electron chi connectivity index (χ0n) is 16.2. The molecule has 0 aromatic heterocycles. The first kappa shape index (κ1) is 20.5. The van der Waals surface area contributed by atoms with Gasteiger partial charge in [0.1, 0.15) is 23.5 Å². The number of phenolic OH excluding ortho intramolecular Hbond substituents is 1. The SMILES string of the molecule is CCNC(=O)CC1N=C(c2ccc(Cl)cc2)c2cc(O)ccc2N(C(C)=N)C1=N. The van der Waals surface area contributed by atoms with E-state index in [0.717, 1.165) is 5.56 Å². The number of aromatic hydroxyl groups is 1. The number of carbonyl (C=O) groups is 1. The summed E-state index contributed by atoms with van der Waals surface area (Å²) < 4.78 is 0. The van der Waals surface area contributed by atoms with Crippen LogP contribution in [-0.4, -0.2) is 41.0 Å². The molecular formula is C21H22ClN5O2. The van der Waals surface area contributed by atoms with Crippen LogP contribution in [0.2, 0.25) is 5.02 Å². The number of halogens is 1. The van der Waals surface area contributed by atoms with Gasteiger partial charge in [-0.2, -0.15) is 0 Å². The van der Waals surface area contributed by atoms with Gasteiger partial charge in [0, 0.05) is 22.7 Å². The minimum Gasteiger partial charge on any atom is -0.508 e. The van der Waals surface area contributed by atoms with Crippen LogP contribution in [-0.2, 0) is 4.79 Å². The number of rotatable bonds is 4. The van der Waals surface area contributed by atoms with Crippen molar-refractivity contribution in [3.05, 3.63) is 58.6 Å². The molecule has 0 bridgehead atoms. The fraction of sp³-hybridized carbons (Fsp3) is 0.238. The van der Waals surface area contributed by atoms with Crippen LogP contribution < -0.4 is 10.2 Å². The molecule has 8 heteroatoms. The molecule has 1 atom stereocenters. The van der Waals surface area contributed by atoms with Gasteiger partial charge in [-0.25, -0.2) is 0 Å². The lowest BCUT2D eigenvalue weighted by atomic mass is 9.99. The number of nitrogens with one attached hydrogen (secondary N) is 3. The number of amides is 1. The van der Waals surface area contributed by atoms with Crippen LogP contribution in [0.4, 0.5) is 5.69 Å². The van der Waals surface area contributed by atoms with E-state index in [1.54, 1.807) is 43.3 Å². The number of amidine groups is 2.